The minimum absolute atomic E-state index is 0.0956. The molecule has 2 aromatic carbocycles. The van der Waals surface area contributed by atoms with E-state index in [-0.39, 0.29) is 16.2 Å². The van der Waals surface area contributed by atoms with Gasteiger partial charge in [0.25, 0.3) is 10.0 Å². The van der Waals surface area contributed by atoms with E-state index < -0.39 is 22.6 Å². The van der Waals surface area contributed by atoms with Gasteiger partial charge in [0.2, 0.25) is 5.78 Å². The number of H-pyrrole nitrogens is 1. The highest BCUT2D eigenvalue weighted by atomic mass is 32.2. The number of aryl methyl sites for hydroxylation is 1. The Morgan fingerprint density at radius 1 is 1.00 bits per heavy atom. The maximum atomic E-state index is 13.1. The second-order valence-electron chi connectivity index (χ2n) is 6.92. The highest BCUT2D eigenvalue weighted by molar-refractivity contribution is 7.92. The largest absolute Gasteiger partial charge is 0.454 e. The van der Waals surface area contributed by atoms with E-state index in [9.17, 15) is 18.0 Å². The summed E-state index contributed by atoms with van der Waals surface area (Å²) in [5, 5.41) is 0. The maximum Gasteiger partial charge on any atom is 0.338 e. The number of carbonyl (C=O) groups excluding carboxylic acids is 2. The number of para-hydroxylation sites is 1. The molecule has 0 amide bonds. The van der Waals surface area contributed by atoms with Gasteiger partial charge in [0.15, 0.2) is 6.61 Å². The zero-order valence-corrected chi connectivity index (χ0v) is 16.9. The molecule has 7 nitrogen and oxygen atoms in total. The maximum absolute atomic E-state index is 13.1. The minimum atomic E-state index is -3.75. The Morgan fingerprint density at radius 3 is 2.50 bits per heavy atom. The van der Waals surface area contributed by atoms with Crippen molar-refractivity contribution >= 4 is 27.5 Å². The molecule has 30 heavy (non-hydrogen) atoms. The zero-order valence-electron chi connectivity index (χ0n) is 16.1. The Labute approximate surface area is 174 Å². The Hall–Kier alpha value is -3.39. The van der Waals surface area contributed by atoms with Crippen LogP contribution in [0.1, 0.15) is 32.8 Å². The summed E-state index contributed by atoms with van der Waals surface area (Å²) in [5.41, 5.74) is 2.22. The van der Waals surface area contributed by atoms with Crippen LogP contribution in [0, 0.1) is 0 Å². The quantitative estimate of drug-likeness (QED) is 0.484. The summed E-state index contributed by atoms with van der Waals surface area (Å²) in [7, 11) is -3.75. The standard InChI is InChI=1S/C22H20N2O5S/c25-21(19-7-3-13-23-19)15-29-22(26)17-9-11-18(12-10-17)30(27,28)24-14-4-6-16-5-1-2-8-20(16)24/h1-3,5,7-13,23H,4,6,14-15H2. The van der Waals surface area contributed by atoms with E-state index in [1.807, 2.05) is 18.2 Å². The van der Waals surface area contributed by atoms with Crippen molar-refractivity contribution in [2.45, 2.75) is 17.7 Å². The van der Waals surface area contributed by atoms with E-state index in [0.717, 1.165) is 18.4 Å². The van der Waals surface area contributed by atoms with E-state index in [4.69, 9.17) is 4.74 Å². The number of ketones is 1. The number of aromatic amines is 1. The van der Waals surface area contributed by atoms with Crippen LogP contribution < -0.4 is 4.31 Å². The lowest BCUT2D eigenvalue weighted by Gasteiger charge is -2.30. The van der Waals surface area contributed by atoms with Crippen LogP contribution >= 0.6 is 0 Å². The average Bonchev–Trinajstić information content (AvgIpc) is 3.32. The molecule has 0 saturated carbocycles. The van der Waals surface area contributed by atoms with Gasteiger partial charge in [-0.2, -0.15) is 0 Å². The first-order chi connectivity index (χ1) is 14.5. The van der Waals surface area contributed by atoms with Gasteiger partial charge in [-0.05, 0) is 60.9 Å². The molecule has 0 fully saturated rings. The monoisotopic (exact) mass is 424 g/mol. The van der Waals surface area contributed by atoms with Gasteiger partial charge < -0.3 is 9.72 Å². The van der Waals surface area contributed by atoms with E-state index in [0.29, 0.717) is 17.9 Å². The third-order valence-electron chi connectivity index (χ3n) is 4.98. The molecular weight excluding hydrogens is 404 g/mol. The molecule has 1 aliphatic heterocycles. The summed E-state index contributed by atoms with van der Waals surface area (Å²) < 4.78 is 32.7. The van der Waals surface area contributed by atoms with Crippen LogP contribution in [0.3, 0.4) is 0 Å². The van der Waals surface area contributed by atoms with Gasteiger partial charge in [-0.1, -0.05) is 18.2 Å². The molecule has 1 aromatic heterocycles. The normalized spacial score (nSPS) is 13.5. The number of rotatable bonds is 6. The van der Waals surface area contributed by atoms with Crippen molar-refractivity contribution < 1.29 is 22.7 Å². The fourth-order valence-corrected chi connectivity index (χ4v) is 4.98. The lowest BCUT2D eigenvalue weighted by molar-refractivity contribution is 0.0473. The number of aromatic nitrogens is 1. The summed E-state index contributed by atoms with van der Waals surface area (Å²) in [4.78, 5) is 27.0. The van der Waals surface area contributed by atoms with Crippen LogP contribution in [0.25, 0.3) is 0 Å². The Morgan fingerprint density at radius 2 is 1.77 bits per heavy atom. The third-order valence-corrected chi connectivity index (χ3v) is 6.81. The van der Waals surface area contributed by atoms with E-state index in [1.54, 1.807) is 24.4 Å². The molecule has 0 spiro atoms. The molecule has 1 N–H and O–H groups in total. The van der Waals surface area contributed by atoms with Gasteiger partial charge in [-0.3, -0.25) is 9.10 Å². The number of hydrogen-bond acceptors (Lipinski definition) is 5. The Kier molecular flexibility index (Phi) is 5.41. The highest BCUT2D eigenvalue weighted by Gasteiger charge is 2.29. The van der Waals surface area contributed by atoms with Crippen LogP contribution in [0.15, 0.2) is 71.8 Å². The Bertz CT molecular complexity index is 1170. The first-order valence-electron chi connectivity index (χ1n) is 9.51. The van der Waals surface area contributed by atoms with E-state index in [1.165, 1.54) is 28.6 Å². The summed E-state index contributed by atoms with van der Waals surface area (Å²) in [5.74, 6) is -1.04. The van der Waals surface area contributed by atoms with Crippen LogP contribution in [-0.2, 0) is 21.2 Å². The van der Waals surface area contributed by atoms with Crippen LogP contribution in [-0.4, -0.2) is 38.3 Å². The summed E-state index contributed by atoms with van der Waals surface area (Å²) in [6.07, 6.45) is 3.19. The number of ether oxygens (including phenoxy) is 1. The van der Waals surface area contributed by atoms with E-state index >= 15 is 0 Å². The molecule has 0 atom stereocenters. The van der Waals surface area contributed by atoms with E-state index in [2.05, 4.69) is 4.98 Å². The predicted octanol–water partition coefficient (Wildman–Crippen LogP) is 3.20. The summed E-state index contributed by atoms with van der Waals surface area (Å²) in [6.45, 7) is 0.00789. The van der Waals surface area contributed by atoms with Crippen molar-refractivity contribution in [1.82, 2.24) is 4.98 Å². The fourth-order valence-electron chi connectivity index (χ4n) is 3.43. The highest BCUT2D eigenvalue weighted by Crippen LogP contribution is 2.31. The molecule has 8 heteroatoms. The lowest BCUT2D eigenvalue weighted by Crippen LogP contribution is -2.35. The van der Waals surface area contributed by atoms with Gasteiger partial charge >= 0.3 is 5.97 Å². The number of sulfonamides is 1. The second-order valence-corrected chi connectivity index (χ2v) is 8.78. The topological polar surface area (TPSA) is 96.5 Å². The predicted molar refractivity (Wildman–Crippen MR) is 111 cm³/mol. The number of esters is 1. The summed E-state index contributed by atoms with van der Waals surface area (Å²) in [6, 6.07) is 16.3. The molecule has 3 aromatic rings. The van der Waals surface area contributed by atoms with Crippen LogP contribution in [0.2, 0.25) is 0 Å². The number of Topliss-reactive ketones (excluding diaryl/α,β-unsaturated/α-hetero) is 1. The van der Waals surface area contributed by atoms with Crippen LogP contribution in [0.4, 0.5) is 5.69 Å². The lowest BCUT2D eigenvalue weighted by atomic mass is 10.0. The SMILES string of the molecule is O=C(OCC(=O)c1ccc[nH]1)c1ccc(S(=O)(=O)N2CCCc3ccccc32)cc1. The average molecular weight is 424 g/mol. The molecule has 1 aliphatic rings. The molecule has 2 heterocycles. The third kappa shape index (κ3) is 3.86. The van der Waals surface area contributed by atoms with Crippen molar-refractivity contribution in [3.05, 3.63) is 83.7 Å². The Balaban J connectivity index is 1.48. The van der Waals surface area contributed by atoms with Crippen molar-refractivity contribution in [2.24, 2.45) is 0 Å². The molecule has 0 aliphatic carbocycles. The number of carbonyl (C=O) groups is 2. The van der Waals surface area contributed by atoms with Crippen molar-refractivity contribution in [2.75, 3.05) is 17.5 Å². The molecule has 0 radical (unpaired) electrons. The number of nitrogens with one attached hydrogen (secondary N) is 1. The molecule has 4 rings (SSSR count). The number of benzene rings is 2. The van der Waals surface area contributed by atoms with Gasteiger partial charge in [0, 0.05) is 12.7 Å². The molecule has 0 unspecified atom stereocenters. The van der Waals surface area contributed by atoms with Crippen molar-refractivity contribution in [3.63, 3.8) is 0 Å². The number of anilines is 1. The number of hydrogen-bond donors (Lipinski definition) is 1. The first-order valence-corrected chi connectivity index (χ1v) is 11.0. The number of nitrogens with zero attached hydrogens (tertiary/aromatic N) is 1. The van der Waals surface area contributed by atoms with Crippen molar-refractivity contribution in [3.8, 4) is 0 Å². The van der Waals surface area contributed by atoms with Crippen molar-refractivity contribution in [1.29, 1.82) is 0 Å². The first kappa shape index (κ1) is 19.9. The van der Waals surface area contributed by atoms with Crippen LogP contribution in [0.5, 0.6) is 0 Å². The minimum Gasteiger partial charge on any atom is -0.454 e. The molecule has 0 saturated heterocycles. The van der Waals surface area contributed by atoms with Gasteiger partial charge in [0.1, 0.15) is 0 Å². The second kappa shape index (κ2) is 8.16. The smallest absolute Gasteiger partial charge is 0.338 e. The molecular formula is C22H20N2O5S. The molecule has 154 valence electrons. The molecule has 0 bridgehead atoms. The zero-order chi connectivity index (χ0) is 21.1. The van der Waals surface area contributed by atoms with Gasteiger partial charge in [-0.15, -0.1) is 0 Å². The number of fused-ring (bicyclic) bond motifs is 1. The van der Waals surface area contributed by atoms with Gasteiger partial charge in [0.05, 0.1) is 21.8 Å². The fraction of sp³-hybridized carbons (Fsp3) is 0.182. The summed E-state index contributed by atoms with van der Waals surface area (Å²) >= 11 is 0. The van der Waals surface area contributed by atoms with Gasteiger partial charge in [-0.25, -0.2) is 13.2 Å².